The Labute approximate surface area is 150 Å². The SMILES string of the molecule is FC(F)(F)Cn1cc(-c2nc(NC3CCCCC3)ncc2C(F)(F)F)cn1. The molecule has 0 radical (unpaired) electrons. The lowest BCUT2D eigenvalue weighted by molar-refractivity contribution is -0.142. The Kier molecular flexibility index (Phi) is 5.29. The summed E-state index contributed by atoms with van der Waals surface area (Å²) in [6.07, 6.45) is -1.94. The van der Waals surface area contributed by atoms with Gasteiger partial charge in [-0.1, -0.05) is 19.3 Å². The Hall–Kier alpha value is -2.33. The first-order valence-corrected chi connectivity index (χ1v) is 8.42. The minimum Gasteiger partial charge on any atom is -0.351 e. The molecule has 1 N–H and O–H groups in total. The summed E-state index contributed by atoms with van der Waals surface area (Å²) >= 11 is 0. The van der Waals surface area contributed by atoms with E-state index in [4.69, 9.17) is 0 Å². The van der Waals surface area contributed by atoms with Crippen LogP contribution in [0.3, 0.4) is 0 Å². The summed E-state index contributed by atoms with van der Waals surface area (Å²) in [7, 11) is 0. The van der Waals surface area contributed by atoms with Gasteiger partial charge in [-0.05, 0) is 12.8 Å². The van der Waals surface area contributed by atoms with Gasteiger partial charge in [0, 0.05) is 24.0 Å². The molecular weight excluding hydrogens is 376 g/mol. The van der Waals surface area contributed by atoms with Gasteiger partial charge in [-0.3, -0.25) is 4.68 Å². The number of hydrogen-bond acceptors (Lipinski definition) is 4. The van der Waals surface area contributed by atoms with E-state index < -0.39 is 30.2 Å². The predicted molar refractivity (Wildman–Crippen MR) is 84.8 cm³/mol. The third-order valence-electron chi connectivity index (χ3n) is 4.28. The minimum atomic E-state index is -4.75. The van der Waals surface area contributed by atoms with Crippen LogP contribution in [0.15, 0.2) is 18.6 Å². The van der Waals surface area contributed by atoms with E-state index in [1.165, 1.54) is 0 Å². The molecule has 2 aromatic heterocycles. The normalized spacial score (nSPS) is 16.5. The smallest absolute Gasteiger partial charge is 0.351 e. The van der Waals surface area contributed by atoms with Gasteiger partial charge in [0.25, 0.3) is 0 Å². The van der Waals surface area contributed by atoms with Crippen molar-refractivity contribution < 1.29 is 26.3 Å². The zero-order valence-corrected chi connectivity index (χ0v) is 14.1. The summed E-state index contributed by atoms with van der Waals surface area (Å²) in [5, 5.41) is 6.51. The van der Waals surface area contributed by atoms with Crippen molar-refractivity contribution in [3.63, 3.8) is 0 Å². The number of anilines is 1. The van der Waals surface area contributed by atoms with Crippen molar-refractivity contribution in [2.24, 2.45) is 0 Å². The second-order valence-corrected chi connectivity index (χ2v) is 6.47. The maximum atomic E-state index is 13.3. The largest absolute Gasteiger partial charge is 0.419 e. The third kappa shape index (κ3) is 5.10. The lowest BCUT2D eigenvalue weighted by atomic mass is 9.96. The monoisotopic (exact) mass is 393 g/mol. The highest BCUT2D eigenvalue weighted by Crippen LogP contribution is 2.36. The van der Waals surface area contributed by atoms with E-state index in [9.17, 15) is 26.3 Å². The lowest BCUT2D eigenvalue weighted by Crippen LogP contribution is -2.24. The average molecular weight is 393 g/mol. The molecule has 1 fully saturated rings. The summed E-state index contributed by atoms with van der Waals surface area (Å²) < 4.78 is 77.8. The maximum Gasteiger partial charge on any atom is 0.419 e. The summed E-state index contributed by atoms with van der Waals surface area (Å²) in [6.45, 7) is -1.40. The lowest BCUT2D eigenvalue weighted by Gasteiger charge is -2.23. The van der Waals surface area contributed by atoms with Gasteiger partial charge in [0.2, 0.25) is 5.95 Å². The molecule has 148 valence electrons. The number of halogens is 6. The average Bonchev–Trinajstić information content (AvgIpc) is 3.01. The van der Waals surface area contributed by atoms with Crippen LogP contribution in [0.1, 0.15) is 37.7 Å². The standard InChI is InChI=1S/C16H17F6N5/c17-15(18,19)9-27-8-10(6-24-27)13-12(16(20,21)22)7-23-14(26-13)25-11-4-2-1-3-5-11/h6-8,11H,1-5,9H2,(H,23,25,26). The molecule has 1 aliphatic carbocycles. The number of nitrogens with one attached hydrogen (secondary N) is 1. The van der Waals surface area contributed by atoms with Crippen LogP contribution in [0.4, 0.5) is 32.3 Å². The van der Waals surface area contributed by atoms with Gasteiger partial charge in [0.1, 0.15) is 12.1 Å². The molecular formula is C16H17F6N5. The van der Waals surface area contributed by atoms with Crippen molar-refractivity contribution in [1.29, 1.82) is 0 Å². The van der Waals surface area contributed by atoms with Crippen LogP contribution in [-0.4, -0.2) is 32.0 Å². The molecule has 0 aliphatic heterocycles. The molecule has 2 aromatic rings. The van der Waals surface area contributed by atoms with Crippen LogP contribution in [0.2, 0.25) is 0 Å². The Morgan fingerprint density at radius 3 is 2.37 bits per heavy atom. The molecule has 3 rings (SSSR count). The van der Waals surface area contributed by atoms with Crippen LogP contribution >= 0.6 is 0 Å². The van der Waals surface area contributed by atoms with Gasteiger partial charge < -0.3 is 5.32 Å². The Balaban J connectivity index is 1.92. The Morgan fingerprint density at radius 2 is 1.74 bits per heavy atom. The predicted octanol–water partition coefficient (Wildman–Crippen LogP) is 4.67. The molecule has 0 saturated heterocycles. The van der Waals surface area contributed by atoms with Crippen LogP contribution in [-0.2, 0) is 12.7 Å². The van der Waals surface area contributed by atoms with E-state index >= 15 is 0 Å². The molecule has 0 aromatic carbocycles. The molecule has 1 aliphatic rings. The second-order valence-electron chi connectivity index (χ2n) is 6.47. The molecule has 0 bridgehead atoms. The number of rotatable bonds is 4. The van der Waals surface area contributed by atoms with Crippen LogP contribution in [0.5, 0.6) is 0 Å². The quantitative estimate of drug-likeness (QED) is 0.768. The van der Waals surface area contributed by atoms with Crippen molar-refractivity contribution in [2.75, 3.05) is 5.32 Å². The van der Waals surface area contributed by atoms with Gasteiger partial charge in [0.15, 0.2) is 0 Å². The van der Waals surface area contributed by atoms with Crippen molar-refractivity contribution in [3.05, 3.63) is 24.2 Å². The number of hydrogen-bond donors (Lipinski definition) is 1. The molecule has 0 atom stereocenters. The van der Waals surface area contributed by atoms with E-state index in [0.29, 0.717) is 10.9 Å². The summed E-state index contributed by atoms with van der Waals surface area (Å²) in [5.74, 6) is 0.0217. The number of aromatic nitrogens is 4. The van der Waals surface area contributed by atoms with Gasteiger partial charge in [-0.25, -0.2) is 9.97 Å². The molecule has 2 heterocycles. The number of alkyl halides is 6. The highest BCUT2D eigenvalue weighted by Gasteiger charge is 2.36. The molecule has 27 heavy (non-hydrogen) atoms. The van der Waals surface area contributed by atoms with Crippen LogP contribution < -0.4 is 5.32 Å². The van der Waals surface area contributed by atoms with E-state index in [1.54, 1.807) is 0 Å². The fourth-order valence-corrected chi connectivity index (χ4v) is 3.06. The van der Waals surface area contributed by atoms with Crippen LogP contribution in [0, 0.1) is 0 Å². The first-order chi connectivity index (χ1) is 12.6. The molecule has 0 amide bonds. The van der Waals surface area contributed by atoms with Crippen molar-refractivity contribution in [3.8, 4) is 11.3 Å². The zero-order chi connectivity index (χ0) is 19.7. The highest BCUT2D eigenvalue weighted by molar-refractivity contribution is 5.63. The molecule has 1 saturated carbocycles. The first-order valence-electron chi connectivity index (χ1n) is 8.42. The van der Waals surface area contributed by atoms with E-state index in [0.717, 1.165) is 44.5 Å². The molecule has 0 unspecified atom stereocenters. The Morgan fingerprint density at radius 1 is 1.04 bits per heavy atom. The zero-order valence-electron chi connectivity index (χ0n) is 14.1. The van der Waals surface area contributed by atoms with E-state index in [1.807, 2.05) is 0 Å². The van der Waals surface area contributed by atoms with Crippen molar-refractivity contribution in [1.82, 2.24) is 19.7 Å². The first kappa shape index (κ1) is 19.4. The summed E-state index contributed by atoms with van der Waals surface area (Å²) in [6, 6.07) is 0.0660. The minimum absolute atomic E-state index is 0.0217. The fourth-order valence-electron chi connectivity index (χ4n) is 3.06. The van der Waals surface area contributed by atoms with Crippen molar-refractivity contribution in [2.45, 2.75) is 57.0 Å². The van der Waals surface area contributed by atoms with Gasteiger partial charge >= 0.3 is 12.4 Å². The van der Waals surface area contributed by atoms with E-state index in [-0.39, 0.29) is 17.6 Å². The Bertz CT molecular complexity index is 776. The van der Waals surface area contributed by atoms with Gasteiger partial charge in [-0.2, -0.15) is 31.4 Å². The molecule has 0 spiro atoms. The summed E-state index contributed by atoms with van der Waals surface area (Å²) in [5.41, 5.74) is -1.77. The molecule has 11 heteroatoms. The van der Waals surface area contributed by atoms with Gasteiger partial charge in [0.05, 0.1) is 11.9 Å². The fraction of sp³-hybridized carbons (Fsp3) is 0.562. The van der Waals surface area contributed by atoms with Crippen molar-refractivity contribution >= 4 is 5.95 Å². The second kappa shape index (κ2) is 7.35. The maximum absolute atomic E-state index is 13.3. The summed E-state index contributed by atoms with van der Waals surface area (Å²) in [4.78, 5) is 7.68. The van der Waals surface area contributed by atoms with Gasteiger partial charge in [-0.15, -0.1) is 0 Å². The molecule has 5 nitrogen and oxygen atoms in total. The van der Waals surface area contributed by atoms with Crippen LogP contribution in [0.25, 0.3) is 11.3 Å². The highest BCUT2D eigenvalue weighted by atomic mass is 19.4. The third-order valence-corrected chi connectivity index (χ3v) is 4.28. The number of nitrogens with zero attached hydrogens (tertiary/aromatic N) is 4. The topological polar surface area (TPSA) is 55.6 Å². The van der Waals surface area contributed by atoms with E-state index in [2.05, 4.69) is 20.4 Å².